The van der Waals surface area contributed by atoms with Gasteiger partial charge in [0.1, 0.15) is 5.82 Å². The van der Waals surface area contributed by atoms with E-state index in [0.717, 1.165) is 5.69 Å². The minimum Gasteiger partial charge on any atom is -0.378 e. The molecule has 2 N–H and O–H groups in total. The number of carbonyl (C=O) groups is 2. The summed E-state index contributed by atoms with van der Waals surface area (Å²) >= 11 is 0. The van der Waals surface area contributed by atoms with Crippen molar-refractivity contribution in [3.05, 3.63) is 95.3 Å². The van der Waals surface area contributed by atoms with E-state index >= 15 is 0 Å². The topological polar surface area (TPSA) is 73.8 Å². The monoisotopic (exact) mass is 416 g/mol. The Bertz CT molecular complexity index is 1170. The Kier molecular flexibility index (Phi) is 5.49. The smallest absolute Gasteiger partial charge is 0.269 e. The van der Waals surface area contributed by atoms with Crippen LogP contribution in [0.15, 0.2) is 77.8 Å². The molecular formula is C24H21FN4O2. The molecule has 1 heterocycles. The van der Waals surface area contributed by atoms with Crippen LogP contribution >= 0.6 is 0 Å². The first-order valence-electron chi connectivity index (χ1n) is 9.75. The summed E-state index contributed by atoms with van der Waals surface area (Å²) in [6.07, 6.45) is -1.22. The van der Waals surface area contributed by atoms with Gasteiger partial charge in [0, 0.05) is 36.5 Å². The summed E-state index contributed by atoms with van der Waals surface area (Å²) in [4.78, 5) is 32.0. The lowest BCUT2D eigenvalue weighted by atomic mass is 10.0. The lowest BCUT2D eigenvalue weighted by molar-refractivity contribution is -0.117. The highest BCUT2D eigenvalue weighted by molar-refractivity contribution is 6.20. The Morgan fingerprint density at radius 1 is 0.968 bits per heavy atom. The molecule has 156 valence electrons. The van der Waals surface area contributed by atoms with Crippen molar-refractivity contribution in [3.8, 4) is 0 Å². The van der Waals surface area contributed by atoms with Crippen molar-refractivity contribution in [1.29, 1.82) is 0 Å². The lowest BCUT2D eigenvalue weighted by Crippen LogP contribution is -2.42. The number of aliphatic imine (C=N–C) groups is 1. The summed E-state index contributed by atoms with van der Waals surface area (Å²) in [5.41, 5.74) is 2.96. The molecule has 4 rings (SSSR count). The fraction of sp³-hybridized carbons (Fsp3) is 0.125. The molecule has 2 amide bonds. The minimum atomic E-state index is -1.22. The van der Waals surface area contributed by atoms with E-state index in [4.69, 9.17) is 0 Å². The van der Waals surface area contributed by atoms with Gasteiger partial charge in [0.25, 0.3) is 11.8 Å². The molecule has 31 heavy (non-hydrogen) atoms. The fourth-order valence-corrected chi connectivity index (χ4v) is 3.34. The van der Waals surface area contributed by atoms with Crippen molar-refractivity contribution in [1.82, 2.24) is 5.32 Å². The average molecular weight is 416 g/mol. The van der Waals surface area contributed by atoms with Crippen LogP contribution in [0.3, 0.4) is 0 Å². The number of benzene rings is 3. The van der Waals surface area contributed by atoms with E-state index in [9.17, 15) is 14.0 Å². The van der Waals surface area contributed by atoms with E-state index in [2.05, 4.69) is 15.6 Å². The Morgan fingerprint density at radius 3 is 2.29 bits per heavy atom. The maximum absolute atomic E-state index is 14.6. The van der Waals surface area contributed by atoms with E-state index < -0.39 is 23.8 Å². The van der Waals surface area contributed by atoms with Crippen LogP contribution in [0.2, 0.25) is 0 Å². The molecule has 1 aliphatic heterocycles. The number of hydrogen-bond acceptors (Lipinski definition) is 4. The average Bonchev–Trinajstić information content (AvgIpc) is 2.90. The summed E-state index contributed by atoms with van der Waals surface area (Å²) in [6, 6.07) is 20.2. The van der Waals surface area contributed by atoms with Crippen LogP contribution in [0.4, 0.5) is 15.8 Å². The third kappa shape index (κ3) is 4.16. The van der Waals surface area contributed by atoms with Crippen molar-refractivity contribution in [2.75, 3.05) is 24.3 Å². The number of nitrogens with one attached hydrogen (secondary N) is 2. The summed E-state index contributed by atoms with van der Waals surface area (Å²) in [5.74, 6) is -1.42. The molecule has 0 aliphatic carbocycles. The molecule has 0 fully saturated rings. The molecule has 0 saturated carbocycles. The molecule has 0 unspecified atom stereocenters. The fourth-order valence-electron chi connectivity index (χ4n) is 3.34. The van der Waals surface area contributed by atoms with Gasteiger partial charge in [-0.3, -0.25) is 9.59 Å². The van der Waals surface area contributed by atoms with Gasteiger partial charge in [0.05, 0.1) is 11.4 Å². The molecule has 1 atom stereocenters. The van der Waals surface area contributed by atoms with Gasteiger partial charge in [-0.15, -0.1) is 0 Å². The molecule has 0 radical (unpaired) electrons. The number of nitrogens with zero attached hydrogens (tertiary/aromatic N) is 2. The van der Waals surface area contributed by atoms with Gasteiger partial charge in [0.2, 0.25) is 6.17 Å². The Morgan fingerprint density at radius 2 is 1.61 bits per heavy atom. The quantitative estimate of drug-likeness (QED) is 0.684. The largest absolute Gasteiger partial charge is 0.378 e. The van der Waals surface area contributed by atoms with Crippen LogP contribution in [0.1, 0.15) is 21.5 Å². The van der Waals surface area contributed by atoms with Gasteiger partial charge in [-0.05, 0) is 42.5 Å². The Labute approximate surface area is 179 Å². The zero-order valence-electron chi connectivity index (χ0n) is 17.1. The van der Waals surface area contributed by atoms with E-state index in [0.29, 0.717) is 22.5 Å². The van der Waals surface area contributed by atoms with Gasteiger partial charge in [-0.25, -0.2) is 9.38 Å². The van der Waals surface area contributed by atoms with Crippen molar-refractivity contribution in [2.45, 2.75) is 6.17 Å². The number of rotatable bonds is 4. The van der Waals surface area contributed by atoms with Crippen molar-refractivity contribution >= 4 is 28.9 Å². The lowest BCUT2D eigenvalue weighted by Gasteiger charge is -2.15. The van der Waals surface area contributed by atoms with E-state index in [-0.39, 0.29) is 5.56 Å². The number of benzodiazepines with no additional fused rings is 1. The minimum absolute atomic E-state index is 0.251. The number of anilines is 2. The normalized spacial score (nSPS) is 15.3. The van der Waals surface area contributed by atoms with Crippen molar-refractivity contribution in [3.63, 3.8) is 0 Å². The zero-order valence-corrected chi connectivity index (χ0v) is 17.1. The first-order valence-corrected chi connectivity index (χ1v) is 9.75. The predicted octanol–water partition coefficient (Wildman–Crippen LogP) is 3.44. The molecular weight excluding hydrogens is 395 g/mol. The molecule has 0 saturated heterocycles. The van der Waals surface area contributed by atoms with Gasteiger partial charge >= 0.3 is 0 Å². The standard InChI is InChI=1S/C24H21FN4O2/c1-29(2)16-13-11-15(12-14-16)23(30)28-22-24(31)26-20-10-6-4-8-18(20)21(27-22)17-7-3-5-9-19(17)25/h3-14,22H,1-2H3,(H,26,31)(H,28,30)/t22-/m1/s1. The molecule has 1 aliphatic rings. The predicted molar refractivity (Wildman–Crippen MR) is 119 cm³/mol. The van der Waals surface area contributed by atoms with Gasteiger partial charge in [0.15, 0.2) is 0 Å². The summed E-state index contributed by atoms with van der Waals surface area (Å²) in [6.45, 7) is 0. The molecule has 0 spiro atoms. The molecule has 3 aromatic carbocycles. The molecule has 0 aromatic heterocycles. The highest BCUT2D eigenvalue weighted by Gasteiger charge is 2.28. The highest BCUT2D eigenvalue weighted by Crippen LogP contribution is 2.25. The summed E-state index contributed by atoms with van der Waals surface area (Å²) in [7, 11) is 3.81. The Hall–Kier alpha value is -4.00. The van der Waals surface area contributed by atoms with Gasteiger partial charge in [-0.2, -0.15) is 0 Å². The van der Waals surface area contributed by atoms with E-state index in [1.165, 1.54) is 6.07 Å². The second kappa shape index (κ2) is 8.39. The summed E-state index contributed by atoms with van der Waals surface area (Å²) < 4.78 is 14.6. The number of fused-ring (bicyclic) bond motifs is 1. The first kappa shape index (κ1) is 20.3. The van der Waals surface area contributed by atoms with Crippen LogP contribution in [0.25, 0.3) is 0 Å². The zero-order chi connectivity index (χ0) is 22.0. The molecule has 3 aromatic rings. The van der Waals surface area contributed by atoms with Crippen molar-refractivity contribution in [2.24, 2.45) is 4.99 Å². The maximum atomic E-state index is 14.6. The number of amides is 2. The Balaban J connectivity index is 1.70. The second-order valence-electron chi connectivity index (χ2n) is 7.31. The molecule has 6 nitrogen and oxygen atoms in total. The number of carbonyl (C=O) groups excluding carboxylic acids is 2. The first-order chi connectivity index (χ1) is 14.9. The van der Waals surface area contributed by atoms with Crippen LogP contribution in [-0.2, 0) is 4.79 Å². The molecule has 7 heteroatoms. The van der Waals surface area contributed by atoms with Crippen LogP contribution < -0.4 is 15.5 Å². The molecule has 0 bridgehead atoms. The number of hydrogen-bond donors (Lipinski definition) is 2. The van der Waals surface area contributed by atoms with Crippen LogP contribution in [-0.4, -0.2) is 37.8 Å². The van der Waals surface area contributed by atoms with Gasteiger partial charge in [-0.1, -0.05) is 30.3 Å². The van der Waals surface area contributed by atoms with E-state index in [1.807, 2.05) is 31.1 Å². The maximum Gasteiger partial charge on any atom is 0.269 e. The van der Waals surface area contributed by atoms with E-state index in [1.54, 1.807) is 54.6 Å². The SMILES string of the molecule is CN(C)c1ccc(C(=O)N[C@H]2N=C(c3ccccc3F)c3ccccc3NC2=O)cc1. The second-order valence-corrected chi connectivity index (χ2v) is 7.31. The third-order valence-corrected chi connectivity index (χ3v) is 4.99. The third-order valence-electron chi connectivity index (χ3n) is 4.99. The number of halogens is 1. The van der Waals surface area contributed by atoms with Gasteiger partial charge < -0.3 is 15.5 Å². The highest BCUT2D eigenvalue weighted by atomic mass is 19.1. The van der Waals surface area contributed by atoms with Crippen LogP contribution in [0.5, 0.6) is 0 Å². The summed E-state index contributed by atoms with van der Waals surface area (Å²) in [5, 5.41) is 5.43. The number of para-hydroxylation sites is 1. The van der Waals surface area contributed by atoms with Crippen molar-refractivity contribution < 1.29 is 14.0 Å². The van der Waals surface area contributed by atoms with Crippen LogP contribution in [0, 0.1) is 5.82 Å².